The summed E-state index contributed by atoms with van der Waals surface area (Å²) in [5.41, 5.74) is -0.769. The summed E-state index contributed by atoms with van der Waals surface area (Å²) >= 11 is 1.54. The molecule has 0 aromatic heterocycles. The zero-order valence-corrected chi connectivity index (χ0v) is 16.3. The van der Waals surface area contributed by atoms with Crippen LogP contribution in [0.2, 0.25) is 0 Å². The number of likely N-dealkylation sites (tertiary alicyclic amines) is 1. The van der Waals surface area contributed by atoms with Gasteiger partial charge in [0, 0.05) is 12.6 Å². The number of nitrogens with one attached hydrogen (secondary N) is 1. The van der Waals surface area contributed by atoms with Crippen LogP contribution in [0.4, 0.5) is 4.39 Å². The van der Waals surface area contributed by atoms with Gasteiger partial charge in [-0.1, -0.05) is 12.1 Å². The summed E-state index contributed by atoms with van der Waals surface area (Å²) in [6, 6.07) is 5.27. The van der Waals surface area contributed by atoms with E-state index in [1.54, 1.807) is 19.1 Å². The zero-order valence-electron chi connectivity index (χ0n) is 15.5. The second-order valence-corrected chi connectivity index (χ2v) is 7.79. The number of fused-ring (bicyclic) bond motifs is 1. The number of thioether (sulfide) groups is 1. The van der Waals surface area contributed by atoms with E-state index >= 15 is 0 Å². The highest BCUT2D eigenvalue weighted by Gasteiger charge is 2.68. The molecule has 0 saturated carbocycles. The number of benzene rings is 1. The molecule has 6 nitrogen and oxygen atoms in total. The molecule has 1 aromatic rings. The molecule has 0 unspecified atom stereocenters. The molecule has 2 saturated heterocycles. The van der Waals surface area contributed by atoms with Crippen LogP contribution in [-0.4, -0.2) is 53.9 Å². The van der Waals surface area contributed by atoms with E-state index in [-0.39, 0.29) is 18.4 Å². The molecular formula is C19H23FN2O4S. The number of esters is 1. The minimum absolute atomic E-state index is 0.236. The molecule has 0 bridgehead atoms. The molecule has 8 heteroatoms. The van der Waals surface area contributed by atoms with Gasteiger partial charge < -0.3 is 4.74 Å². The second-order valence-electron chi connectivity index (χ2n) is 6.81. The maximum atomic E-state index is 13.8. The van der Waals surface area contributed by atoms with Crippen LogP contribution in [0.1, 0.15) is 24.9 Å². The number of nitrogens with zero attached hydrogens (tertiary/aromatic N) is 1. The first-order valence-electron chi connectivity index (χ1n) is 8.87. The van der Waals surface area contributed by atoms with E-state index in [0.29, 0.717) is 17.7 Å². The summed E-state index contributed by atoms with van der Waals surface area (Å²) in [5, 5.41) is 3.22. The summed E-state index contributed by atoms with van der Waals surface area (Å²) < 4.78 is 18.9. The summed E-state index contributed by atoms with van der Waals surface area (Å²) in [6.45, 7) is 1.96. The minimum atomic E-state index is -1.31. The van der Waals surface area contributed by atoms with Crippen LogP contribution in [-0.2, 0) is 19.1 Å². The Morgan fingerprint density at radius 1 is 1.37 bits per heavy atom. The van der Waals surface area contributed by atoms with Gasteiger partial charge in [0.1, 0.15) is 11.4 Å². The summed E-state index contributed by atoms with van der Waals surface area (Å²) in [4.78, 5) is 40.1. The third-order valence-corrected chi connectivity index (χ3v) is 6.13. The molecule has 2 aliphatic heterocycles. The first kappa shape index (κ1) is 19.8. The van der Waals surface area contributed by atoms with Gasteiger partial charge in [-0.3, -0.25) is 24.6 Å². The Morgan fingerprint density at radius 2 is 2.11 bits per heavy atom. The molecule has 1 N–H and O–H groups in total. The summed E-state index contributed by atoms with van der Waals surface area (Å²) in [6.07, 6.45) is 2.24. The van der Waals surface area contributed by atoms with E-state index in [1.807, 2.05) is 6.26 Å². The molecule has 4 atom stereocenters. The number of methoxy groups -OCH3 is 1. The third-order valence-electron chi connectivity index (χ3n) is 5.52. The molecule has 27 heavy (non-hydrogen) atoms. The van der Waals surface area contributed by atoms with Crippen molar-refractivity contribution < 1.29 is 23.5 Å². The molecule has 146 valence electrons. The van der Waals surface area contributed by atoms with Gasteiger partial charge in [0.05, 0.1) is 18.9 Å². The largest absolute Gasteiger partial charge is 0.468 e. The predicted molar refractivity (Wildman–Crippen MR) is 99.4 cm³/mol. The topological polar surface area (TPSA) is 75.7 Å². The lowest BCUT2D eigenvalue weighted by molar-refractivity contribution is -0.154. The van der Waals surface area contributed by atoms with Gasteiger partial charge in [0.15, 0.2) is 0 Å². The van der Waals surface area contributed by atoms with Gasteiger partial charge in [-0.15, -0.1) is 0 Å². The highest BCUT2D eigenvalue weighted by molar-refractivity contribution is 7.98. The molecule has 2 amide bonds. The Morgan fingerprint density at radius 3 is 2.70 bits per heavy atom. The Balaban J connectivity index is 2.14. The lowest BCUT2D eigenvalue weighted by Crippen LogP contribution is -2.56. The van der Waals surface area contributed by atoms with Crippen molar-refractivity contribution in [1.29, 1.82) is 0 Å². The monoisotopic (exact) mass is 394 g/mol. The van der Waals surface area contributed by atoms with Gasteiger partial charge in [0.2, 0.25) is 11.8 Å². The molecule has 2 heterocycles. The van der Waals surface area contributed by atoms with E-state index in [4.69, 9.17) is 4.74 Å². The molecule has 2 fully saturated rings. The van der Waals surface area contributed by atoms with Gasteiger partial charge >= 0.3 is 5.97 Å². The van der Waals surface area contributed by atoms with Crippen molar-refractivity contribution in [3.05, 3.63) is 35.6 Å². The Bertz CT molecular complexity index is 774. The average molecular weight is 394 g/mol. The maximum absolute atomic E-state index is 13.8. The van der Waals surface area contributed by atoms with E-state index in [1.165, 1.54) is 35.9 Å². The molecule has 2 aliphatic rings. The number of halogens is 1. The van der Waals surface area contributed by atoms with Crippen LogP contribution in [0.15, 0.2) is 24.3 Å². The van der Waals surface area contributed by atoms with Crippen molar-refractivity contribution >= 4 is 29.5 Å². The number of carbonyl (C=O) groups is 3. The van der Waals surface area contributed by atoms with Crippen molar-refractivity contribution in [2.45, 2.75) is 24.9 Å². The highest BCUT2D eigenvalue weighted by Crippen LogP contribution is 2.50. The second kappa shape index (κ2) is 7.59. The van der Waals surface area contributed by atoms with Crippen molar-refractivity contribution in [1.82, 2.24) is 10.2 Å². The van der Waals surface area contributed by atoms with E-state index in [9.17, 15) is 18.8 Å². The van der Waals surface area contributed by atoms with Crippen molar-refractivity contribution in [3.63, 3.8) is 0 Å². The Hall–Kier alpha value is -1.93. The van der Waals surface area contributed by atoms with Crippen LogP contribution < -0.4 is 5.32 Å². The Kier molecular flexibility index (Phi) is 5.58. The number of ether oxygens (including phenoxy) is 1. The maximum Gasteiger partial charge on any atom is 0.326 e. The van der Waals surface area contributed by atoms with Crippen LogP contribution in [0.25, 0.3) is 0 Å². The first-order chi connectivity index (χ1) is 12.9. The van der Waals surface area contributed by atoms with Crippen molar-refractivity contribution in [3.8, 4) is 0 Å². The Labute approximate surface area is 161 Å². The van der Waals surface area contributed by atoms with E-state index in [0.717, 1.165) is 0 Å². The van der Waals surface area contributed by atoms with Crippen molar-refractivity contribution in [2.75, 3.05) is 25.7 Å². The normalized spacial score (nSPS) is 29.9. The van der Waals surface area contributed by atoms with Crippen LogP contribution in [0, 0.1) is 17.7 Å². The summed E-state index contributed by atoms with van der Waals surface area (Å²) in [7, 11) is 1.27. The number of rotatable bonds is 6. The minimum Gasteiger partial charge on any atom is -0.468 e. The van der Waals surface area contributed by atoms with Gasteiger partial charge in [-0.2, -0.15) is 11.8 Å². The molecule has 0 radical (unpaired) electrons. The fraction of sp³-hybridized carbons (Fsp3) is 0.526. The van der Waals surface area contributed by atoms with E-state index < -0.39 is 35.2 Å². The lowest BCUT2D eigenvalue weighted by Gasteiger charge is -2.32. The number of hydrogen-bond donors (Lipinski definition) is 1. The molecule has 0 spiro atoms. The highest BCUT2D eigenvalue weighted by atomic mass is 32.2. The fourth-order valence-electron chi connectivity index (χ4n) is 4.33. The smallest absolute Gasteiger partial charge is 0.326 e. The SMILES string of the molecule is CCN1C(=O)[C@@H]2[C@H](c3cccc(F)c3)N[C@](CCSC)(C(=O)OC)[C@H]2C1=O. The van der Waals surface area contributed by atoms with Gasteiger partial charge in [0.25, 0.3) is 0 Å². The van der Waals surface area contributed by atoms with Gasteiger partial charge in [-0.05, 0) is 43.0 Å². The molecule has 0 aliphatic carbocycles. The number of hydrogen-bond acceptors (Lipinski definition) is 6. The third kappa shape index (κ3) is 3.04. The molecule has 1 aromatic carbocycles. The number of amides is 2. The number of carbonyl (C=O) groups excluding carboxylic acids is 3. The van der Waals surface area contributed by atoms with Crippen LogP contribution in [0.5, 0.6) is 0 Å². The molecule has 3 rings (SSSR count). The van der Waals surface area contributed by atoms with E-state index in [2.05, 4.69) is 5.32 Å². The van der Waals surface area contributed by atoms with Crippen LogP contribution in [0.3, 0.4) is 0 Å². The molecular weight excluding hydrogens is 371 g/mol. The fourth-order valence-corrected chi connectivity index (χ4v) is 4.85. The predicted octanol–water partition coefficient (Wildman–Crippen LogP) is 1.76. The zero-order chi connectivity index (χ0) is 19.8. The lowest BCUT2D eigenvalue weighted by atomic mass is 9.78. The number of imide groups is 1. The first-order valence-corrected chi connectivity index (χ1v) is 10.3. The van der Waals surface area contributed by atoms with Crippen molar-refractivity contribution in [2.24, 2.45) is 11.8 Å². The average Bonchev–Trinajstić information content (AvgIpc) is 3.14. The quantitative estimate of drug-likeness (QED) is 0.585. The van der Waals surface area contributed by atoms with Crippen LogP contribution >= 0.6 is 11.8 Å². The van der Waals surface area contributed by atoms with Gasteiger partial charge in [-0.25, -0.2) is 4.39 Å². The standard InChI is InChI=1S/C19H23FN2O4S/c1-4-22-16(23)13-14(17(22)24)19(8-9-27-3,18(25)26-2)21-15(13)11-6-5-7-12(20)10-11/h5-7,10,13-15,21H,4,8-9H2,1-3H3/t13-,14+,15-,19-/m0/s1. The summed E-state index contributed by atoms with van der Waals surface area (Å²) in [5.74, 6) is -2.72.